The van der Waals surface area contributed by atoms with Crippen LogP contribution in [0.2, 0.25) is 10.0 Å². The van der Waals surface area contributed by atoms with Crippen molar-refractivity contribution in [3.63, 3.8) is 0 Å². The summed E-state index contributed by atoms with van der Waals surface area (Å²) in [7, 11) is 0. The van der Waals surface area contributed by atoms with Gasteiger partial charge in [0.15, 0.2) is 5.76 Å². The number of nitrogens with two attached hydrogens (primary N) is 1. The van der Waals surface area contributed by atoms with E-state index in [1.54, 1.807) is 18.2 Å². The monoisotopic (exact) mass is 377 g/mol. The van der Waals surface area contributed by atoms with Gasteiger partial charge in [-0.1, -0.05) is 29.3 Å². The fourth-order valence-electron chi connectivity index (χ4n) is 2.15. The molecule has 0 bridgehead atoms. The second kappa shape index (κ2) is 7.50. The molecule has 0 spiro atoms. The van der Waals surface area contributed by atoms with Crippen LogP contribution in [0.3, 0.4) is 0 Å². The average Bonchev–Trinajstić information content (AvgIpc) is 2.56. The number of rotatable bonds is 6. The Morgan fingerprint density at radius 1 is 1.21 bits per heavy atom. The van der Waals surface area contributed by atoms with E-state index in [1.807, 2.05) is 0 Å². The van der Waals surface area contributed by atoms with Gasteiger partial charge >= 0.3 is 5.97 Å². The van der Waals surface area contributed by atoms with E-state index >= 15 is 0 Å². The van der Waals surface area contributed by atoms with E-state index in [0.29, 0.717) is 22.7 Å². The van der Waals surface area contributed by atoms with Crippen molar-refractivity contribution in [2.45, 2.75) is 18.3 Å². The molecular weight excluding hydrogens is 361 g/mol. The summed E-state index contributed by atoms with van der Waals surface area (Å²) in [5.74, 6) is -5.41. The molecule has 0 radical (unpaired) electrons. The van der Waals surface area contributed by atoms with Gasteiger partial charge in [0.05, 0.1) is 16.7 Å². The lowest BCUT2D eigenvalue weighted by molar-refractivity contribution is -0.332. The van der Waals surface area contributed by atoms with Gasteiger partial charge in [-0.05, 0) is 36.6 Å². The third kappa shape index (κ3) is 3.88. The van der Waals surface area contributed by atoms with Crippen molar-refractivity contribution in [2.24, 2.45) is 5.73 Å². The summed E-state index contributed by atoms with van der Waals surface area (Å²) in [5.41, 5.74) is 6.59. The van der Waals surface area contributed by atoms with Gasteiger partial charge in [-0.3, -0.25) is 0 Å². The molecule has 6 N–H and O–H groups in total. The molecule has 0 fully saturated rings. The van der Waals surface area contributed by atoms with Crippen molar-refractivity contribution in [1.29, 1.82) is 0 Å². The number of hydrogen-bond donors (Lipinski definition) is 5. The standard InChI is InChI=1S/C15H17Cl2NO6/c16-10-2-1-8(5-11(10)17)9(6-18)3-4-23-15(22)14(21)13(20)12(19)7-24-15/h1-2,5,7,9,19-22H,3-4,6,18H2. The fourth-order valence-corrected chi connectivity index (χ4v) is 2.45. The van der Waals surface area contributed by atoms with Crippen LogP contribution in [0.4, 0.5) is 0 Å². The summed E-state index contributed by atoms with van der Waals surface area (Å²) in [6, 6.07) is 5.12. The fraction of sp³-hybridized carbons (Fsp3) is 0.333. The second-order valence-corrected chi connectivity index (χ2v) is 5.96. The quantitative estimate of drug-likeness (QED) is 0.482. The molecule has 1 aromatic rings. The number of halogens is 2. The third-order valence-electron chi connectivity index (χ3n) is 3.56. The molecule has 1 heterocycles. The molecule has 24 heavy (non-hydrogen) atoms. The molecular formula is C15H17Cl2NO6. The highest BCUT2D eigenvalue weighted by molar-refractivity contribution is 6.42. The van der Waals surface area contributed by atoms with Gasteiger partial charge < -0.3 is 35.6 Å². The number of aliphatic hydroxyl groups is 4. The highest BCUT2D eigenvalue weighted by atomic mass is 35.5. The van der Waals surface area contributed by atoms with Gasteiger partial charge in [0.1, 0.15) is 6.26 Å². The molecule has 0 aromatic heterocycles. The largest absolute Gasteiger partial charge is 0.502 e. The molecule has 1 aromatic carbocycles. The summed E-state index contributed by atoms with van der Waals surface area (Å²) in [5, 5.41) is 39.1. The average molecular weight is 378 g/mol. The lowest BCUT2D eigenvalue weighted by atomic mass is 9.96. The molecule has 2 atom stereocenters. The van der Waals surface area contributed by atoms with Crippen LogP contribution in [0, 0.1) is 0 Å². The van der Waals surface area contributed by atoms with Crippen molar-refractivity contribution in [2.75, 3.05) is 13.2 Å². The Hall–Kier alpha value is -1.64. The molecule has 7 nitrogen and oxygen atoms in total. The van der Waals surface area contributed by atoms with E-state index < -0.39 is 23.3 Å². The first-order valence-electron chi connectivity index (χ1n) is 7.00. The van der Waals surface area contributed by atoms with Crippen LogP contribution < -0.4 is 5.73 Å². The molecule has 0 saturated carbocycles. The zero-order valence-corrected chi connectivity index (χ0v) is 14.0. The Bertz CT molecular complexity index is 678. The Morgan fingerprint density at radius 2 is 1.92 bits per heavy atom. The Morgan fingerprint density at radius 3 is 2.54 bits per heavy atom. The summed E-state index contributed by atoms with van der Waals surface area (Å²) in [4.78, 5) is 0. The SMILES string of the molecule is NCC(CCOC1(O)OC=C(O)C(O)=C1O)c1ccc(Cl)c(Cl)c1. The lowest BCUT2D eigenvalue weighted by Crippen LogP contribution is -2.40. The first kappa shape index (κ1) is 18.7. The third-order valence-corrected chi connectivity index (χ3v) is 4.30. The molecule has 1 aliphatic heterocycles. The maximum Gasteiger partial charge on any atom is 0.391 e. The number of aliphatic hydroxyl groups excluding tert-OH is 3. The van der Waals surface area contributed by atoms with Crippen LogP contribution in [0.15, 0.2) is 41.7 Å². The predicted octanol–water partition coefficient (Wildman–Crippen LogP) is 2.85. The Balaban J connectivity index is 2.01. The smallest absolute Gasteiger partial charge is 0.391 e. The second-order valence-electron chi connectivity index (χ2n) is 5.14. The molecule has 0 saturated heterocycles. The summed E-state index contributed by atoms with van der Waals surface area (Å²) in [6.07, 6.45) is 1.03. The van der Waals surface area contributed by atoms with Crippen LogP contribution >= 0.6 is 23.2 Å². The highest BCUT2D eigenvalue weighted by Crippen LogP contribution is 2.31. The number of hydrogen-bond acceptors (Lipinski definition) is 7. The maximum absolute atomic E-state index is 10.0. The zero-order chi connectivity index (χ0) is 17.9. The van der Waals surface area contributed by atoms with Crippen LogP contribution in [-0.4, -0.2) is 39.6 Å². The van der Waals surface area contributed by atoms with Gasteiger partial charge in [0.25, 0.3) is 0 Å². The molecule has 0 aliphatic carbocycles. The van der Waals surface area contributed by atoms with Crippen molar-refractivity contribution in [3.05, 3.63) is 57.3 Å². The van der Waals surface area contributed by atoms with E-state index in [1.165, 1.54) is 0 Å². The van der Waals surface area contributed by atoms with Gasteiger partial charge in [-0.15, -0.1) is 0 Å². The van der Waals surface area contributed by atoms with Gasteiger partial charge in [0, 0.05) is 0 Å². The molecule has 9 heteroatoms. The van der Waals surface area contributed by atoms with Crippen molar-refractivity contribution < 1.29 is 29.9 Å². The maximum atomic E-state index is 10.0. The van der Waals surface area contributed by atoms with E-state index in [9.17, 15) is 20.4 Å². The van der Waals surface area contributed by atoms with Gasteiger partial charge in [-0.2, -0.15) is 0 Å². The molecule has 1 aliphatic rings. The molecule has 0 amide bonds. The van der Waals surface area contributed by atoms with E-state index in [0.717, 1.165) is 5.56 Å². The van der Waals surface area contributed by atoms with Crippen LogP contribution in [-0.2, 0) is 9.47 Å². The minimum Gasteiger partial charge on any atom is -0.502 e. The first-order valence-corrected chi connectivity index (χ1v) is 7.75. The highest BCUT2D eigenvalue weighted by Gasteiger charge is 2.42. The normalized spacial score (nSPS) is 22.1. The van der Waals surface area contributed by atoms with Gasteiger partial charge in [0.2, 0.25) is 11.5 Å². The molecule has 132 valence electrons. The number of benzene rings is 1. The van der Waals surface area contributed by atoms with Gasteiger partial charge in [-0.25, -0.2) is 0 Å². The number of ether oxygens (including phenoxy) is 2. The van der Waals surface area contributed by atoms with E-state index in [2.05, 4.69) is 0 Å². The lowest BCUT2D eigenvalue weighted by Gasteiger charge is -2.29. The zero-order valence-electron chi connectivity index (χ0n) is 12.4. The molecule has 2 rings (SSSR count). The minimum absolute atomic E-state index is 0.0649. The summed E-state index contributed by atoms with van der Waals surface area (Å²) >= 11 is 11.9. The first-order chi connectivity index (χ1) is 11.3. The van der Waals surface area contributed by atoms with Crippen LogP contribution in [0.25, 0.3) is 0 Å². The predicted molar refractivity (Wildman–Crippen MR) is 87.9 cm³/mol. The van der Waals surface area contributed by atoms with Crippen LogP contribution in [0.1, 0.15) is 17.9 Å². The Labute approximate surface area is 148 Å². The van der Waals surface area contributed by atoms with Crippen LogP contribution in [0.5, 0.6) is 0 Å². The van der Waals surface area contributed by atoms with E-state index in [4.69, 9.17) is 38.4 Å². The van der Waals surface area contributed by atoms with Crippen molar-refractivity contribution >= 4 is 23.2 Å². The van der Waals surface area contributed by atoms with E-state index in [-0.39, 0.29) is 19.1 Å². The molecule has 2 unspecified atom stereocenters. The Kier molecular flexibility index (Phi) is 5.84. The minimum atomic E-state index is -2.58. The van der Waals surface area contributed by atoms with Crippen molar-refractivity contribution in [3.8, 4) is 0 Å². The summed E-state index contributed by atoms with van der Waals surface area (Å²) < 4.78 is 9.80. The summed E-state index contributed by atoms with van der Waals surface area (Å²) in [6.45, 7) is 0.221. The van der Waals surface area contributed by atoms with Crippen molar-refractivity contribution in [1.82, 2.24) is 0 Å². The topological polar surface area (TPSA) is 125 Å².